The van der Waals surface area contributed by atoms with Gasteiger partial charge in [-0.3, -0.25) is 14.8 Å². The van der Waals surface area contributed by atoms with Gasteiger partial charge in [0.2, 0.25) is 0 Å². The maximum absolute atomic E-state index is 12.5. The summed E-state index contributed by atoms with van der Waals surface area (Å²) in [5.41, 5.74) is 2.14. The Bertz CT molecular complexity index is 640. The van der Waals surface area contributed by atoms with Gasteiger partial charge in [0.1, 0.15) is 0 Å². The molecule has 0 radical (unpaired) electrons. The third kappa shape index (κ3) is 3.17. The summed E-state index contributed by atoms with van der Waals surface area (Å²) in [4.78, 5) is 22.6. The molecule has 6 nitrogen and oxygen atoms in total. The molecule has 2 heterocycles. The average molecular weight is 286 g/mol. The molecule has 6 heteroatoms. The number of amides is 1. The van der Waals surface area contributed by atoms with E-state index in [1.54, 1.807) is 36.5 Å². The average Bonchev–Trinajstić information content (AvgIpc) is 2.54. The Labute approximate surface area is 123 Å². The fourth-order valence-electron chi connectivity index (χ4n) is 2.44. The summed E-state index contributed by atoms with van der Waals surface area (Å²) >= 11 is 0. The number of rotatable bonds is 3. The first-order chi connectivity index (χ1) is 10.2. The SMILES string of the molecule is CN(CC1CNCCO1)C(=O)c1ccc2nccnc2c1. The van der Waals surface area contributed by atoms with Crippen LogP contribution in [0.5, 0.6) is 0 Å². The third-order valence-corrected chi connectivity index (χ3v) is 3.54. The van der Waals surface area contributed by atoms with Crippen molar-refractivity contribution in [3.05, 3.63) is 36.2 Å². The molecule has 0 bridgehead atoms. The number of benzene rings is 1. The van der Waals surface area contributed by atoms with Gasteiger partial charge in [0.05, 0.1) is 23.7 Å². The highest BCUT2D eigenvalue weighted by Crippen LogP contribution is 2.13. The van der Waals surface area contributed by atoms with Crippen LogP contribution in [0.15, 0.2) is 30.6 Å². The van der Waals surface area contributed by atoms with Crippen LogP contribution in [0.25, 0.3) is 11.0 Å². The smallest absolute Gasteiger partial charge is 0.253 e. The van der Waals surface area contributed by atoms with E-state index in [4.69, 9.17) is 4.74 Å². The Morgan fingerprint density at radius 2 is 2.19 bits per heavy atom. The van der Waals surface area contributed by atoms with Crippen molar-refractivity contribution in [2.24, 2.45) is 0 Å². The molecule has 2 aromatic rings. The number of nitrogens with one attached hydrogen (secondary N) is 1. The topological polar surface area (TPSA) is 67.3 Å². The van der Waals surface area contributed by atoms with Crippen molar-refractivity contribution in [2.45, 2.75) is 6.10 Å². The number of carbonyl (C=O) groups is 1. The lowest BCUT2D eigenvalue weighted by Crippen LogP contribution is -2.45. The quantitative estimate of drug-likeness (QED) is 0.899. The van der Waals surface area contributed by atoms with Crippen LogP contribution in [-0.4, -0.2) is 60.2 Å². The molecule has 1 unspecified atom stereocenters. The van der Waals surface area contributed by atoms with Gasteiger partial charge in [0, 0.05) is 44.6 Å². The van der Waals surface area contributed by atoms with Crippen LogP contribution >= 0.6 is 0 Å². The summed E-state index contributed by atoms with van der Waals surface area (Å²) in [7, 11) is 1.79. The minimum Gasteiger partial charge on any atom is -0.374 e. The van der Waals surface area contributed by atoms with Crippen LogP contribution in [0, 0.1) is 0 Å². The van der Waals surface area contributed by atoms with E-state index < -0.39 is 0 Å². The molecule has 0 aliphatic carbocycles. The van der Waals surface area contributed by atoms with Gasteiger partial charge in [-0.1, -0.05) is 0 Å². The van der Waals surface area contributed by atoms with Crippen LogP contribution in [0.3, 0.4) is 0 Å². The van der Waals surface area contributed by atoms with Gasteiger partial charge in [-0.25, -0.2) is 0 Å². The normalized spacial score (nSPS) is 18.6. The maximum atomic E-state index is 12.5. The molecule has 1 aromatic carbocycles. The Balaban J connectivity index is 1.72. The van der Waals surface area contributed by atoms with E-state index in [0.29, 0.717) is 18.7 Å². The Morgan fingerprint density at radius 1 is 1.38 bits per heavy atom. The molecule has 1 aliphatic heterocycles. The predicted octanol–water partition coefficient (Wildman–Crippen LogP) is 0.690. The molecule has 1 N–H and O–H groups in total. The lowest BCUT2D eigenvalue weighted by atomic mass is 10.1. The number of aromatic nitrogens is 2. The van der Waals surface area contributed by atoms with E-state index in [-0.39, 0.29) is 12.0 Å². The molecule has 1 atom stereocenters. The molecule has 1 amide bonds. The van der Waals surface area contributed by atoms with Crippen LogP contribution in [0.2, 0.25) is 0 Å². The molecule has 1 aliphatic rings. The number of ether oxygens (including phenoxy) is 1. The van der Waals surface area contributed by atoms with Crippen molar-refractivity contribution in [3.8, 4) is 0 Å². The van der Waals surface area contributed by atoms with Gasteiger partial charge in [0.15, 0.2) is 0 Å². The highest BCUT2D eigenvalue weighted by atomic mass is 16.5. The zero-order valence-electron chi connectivity index (χ0n) is 12.0. The summed E-state index contributed by atoms with van der Waals surface area (Å²) in [6.45, 7) is 2.92. The van der Waals surface area contributed by atoms with E-state index in [0.717, 1.165) is 24.1 Å². The van der Waals surface area contributed by atoms with Crippen LogP contribution in [0.1, 0.15) is 10.4 Å². The highest BCUT2D eigenvalue weighted by molar-refractivity contribution is 5.97. The van der Waals surface area contributed by atoms with E-state index in [1.165, 1.54) is 0 Å². The molecule has 1 saturated heterocycles. The largest absolute Gasteiger partial charge is 0.374 e. The fraction of sp³-hybridized carbons (Fsp3) is 0.400. The van der Waals surface area contributed by atoms with E-state index >= 15 is 0 Å². The number of morpholine rings is 1. The van der Waals surface area contributed by atoms with Gasteiger partial charge in [-0.05, 0) is 18.2 Å². The van der Waals surface area contributed by atoms with Gasteiger partial charge in [0.25, 0.3) is 5.91 Å². The lowest BCUT2D eigenvalue weighted by Gasteiger charge is -2.28. The third-order valence-electron chi connectivity index (χ3n) is 3.54. The minimum atomic E-state index is -0.0308. The fourth-order valence-corrected chi connectivity index (χ4v) is 2.44. The standard InChI is InChI=1S/C15H18N4O2/c1-19(10-12-9-16-6-7-21-12)15(20)11-2-3-13-14(8-11)18-5-4-17-13/h2-5,8,12,16H,6-7,9-10H2,1H3. The molecule has 1 aromatic heterocycles. The molecular formula is C15H18N4O2. The molecule has 0 saturated carbocycles. The number of fused-ring (bicyclic) bond motifs is 1. The molecule has 1 fully saturated rings. The summed E-state index contributed by atoms with van der Waals surface area (Å²) in [6.07, 6.45) is 3.32. The summed E-state index contributed by atoms with van der Waals surface area (Å²) in [6, 6.07) is 5.39. The lowest BCUT2D eigenvalue weighted by molar-refractivity contribution is 0.0104. The van der Waals surface area contributed by atoms with Crippen LogP contribution in [0.4, 0.5) is 0 Å². The molecule has 0 spiro atoms. The number of hydrogen-bond acceptors (Lipinski definition) is 5. The number of hydrogen-bond donors (Lipinski definition) is 1. The number of nitrogens with zero attached hydrogens (tertiary/aromatic N) is 3. The maximum Gasteiger partial charge on any atom is 0.253 e. The first kappa shape index (κ1) is 13.9. The minimum absolute atomic E-state index is 0.0308. The first-order valence-electron chi connectivity index (χ1n) is 7.02. The number of carbonyl (C=O) groups excluding carboxylic acids is 1. The molecular weight excluding hydrogens is 268 g/mol. The van der Waals surface area contributed by atoms with E-state index in [9.17, 15) is 4.79 Å². The molecule has 21 heavy (non-hydrogen) atoms. The second kappa shape index (κ2) is 6.15. The predicted molar refractivity (Wildman–Crippen MR) is 79.1 cm³/mol. The zero-order valence-corrected chi connectivity index (χ0v) is 12.0. The summed E-state index contributed by atoms with van der Waals surface area (Å²) < 4.78 is 5.63. The molecule has 110 valence electrons. The summed E-state index contributed by atoms with van der Waals surface area (Å²) in [5, 5.41) is 3.26. The second-order valence-corrected chi connectivity index (χ2v) is 5.14. The Kier molecular flexibility index (Phi) is 4.08. The summed E-state index contributed by atoms with van der Waals surface area (Å²) in [5.74, 6) is -0.0308. The van der Waals surface area contributed by atoms with Gasteiger partial charge in [-0.15, -0.1) is 0 Å². The second-order valence-electron chi connectivity index (χ2n) is 5.14. The van der Waals surface area contributed by atoms with Crippen molar-refractivity contribution in [1.82, 2.24) is 20.2 Å². The van der Waals surface area contributed by atoms with Gasteiger partial charge < -0.3 is 15.0 Å². The number of likely N-dealkylation sites (N-methyl/N-ethyl adjacent to an activating group) is 1. The Hall–Kier alpha value is -2.05. The van der Waals surface area contributed by atoms with Gasteiger partial charge in [-0.2, -0.15) is 0 Å². The Morgan fingerprint density at radius 3 is 2.95 bits per heavy atom. The van der Waals surface area contributed by atoms with Crippen LogP contribution < -0.4 is 5.32 Å². The zero-order chi connectivity index (χ0) is 14.7. The highest BCUT2D eigenvalue weighted by Gasteiger charge is 2.19. The van der Waals surface area contributed by atoms with E-state index in [1.807, 2.05) is 6.07 Å². The first-order valence-corrected chi connectivity index (χ1v) is 7.02. The van der Waals surface area contributed by atoms with Crippen molar-refractivity contribution in [2.75, 3.05) is 33.3 Å². The monoisotopic (exact) mass is 286 g/mol. The van der Waals surface area contributed by atoms with Crippen molar-refractivity contribution < 1.29 is 9.53 Å². The van der Waals surface area contributed by atoms with Crippen molar-refractivity contribution >= 4 is 16.9 Å². The molecule has 3 rings (SSSR count). The van der Waals surface area contributed by atoms with E-state index in [2.05, 4.69) is 15.3 Å². The van der Waals surface area contributed by atoms with Gasteiger partial charge >= 0.3 is 0 Å². The van der Waals surface area contributed by atoms with Crippen molar-refractivity contribution in [1.29, 1.82) is 0 Å². The van der Waals surface area contributed by atoms with Crippen LogP contribution in [-0.2, 0) is 4.74 Å². The van der Waals surface area contributed by atoms with Crippen molar-refractivity contribution in [3.63, 3.8) is 0 Å².